The highest BCUT2D eigenvalue weighted by atomic mass is 16.5. The summed E-state index contributed by atoms with van der Waals surface area (Å²) in [5, 5.41) is 2.96. The number of rotatable bonds is 5. The van der Waals surface area contributed by atoms with Crippen LogP contribution in [0.1, 0.15) is 45.3 Å². The summed E-state index contributed by atoms with van der Waals surface area (Å²) in [4.78, 5) is 17.3. The molecule has 0 fully saturated rings. The molecule has 1 atom stereocenters. The topological polar surface area (TPSA) is 65.4 Å². The normalized spacial score (nSPS) is 15.4. The lowest BCUT2D eigenvalue weighted by Gasteiger charge is -2.25. The van der Waals surface area contributed by atoms with Crippen molar-refractivity contribution in [3.8, 4) is 11.5 Å². The second-order valence-corrected chi connectivity index (χ2v) is 7.79. The molecule has 1 amide bonds. The molecule has 0 saturated carbocycles. The van der Waals surface area contributed by atoms with Gasteiger partial charge in [0.1, 0.15) is 23.0 Å². The number of benzene rings is 2. The summed E-state index contributed by atoms with van der Waals surface area (Å²) in [6.07, 6.45) is 3.63. The third-order valence-corrected chi connectivity index (χ3v) is 5.87. The molecule has 0 radical (unpaired) electrons. The van der Waals surface area contributed by atoms with E-state index in [1.54, 1.807) is 14.2 Å². The van der Waals surface area contributed by atoms with Crippen LogP contribution in [-0.4, -0.2) is 29.7 Å². The number of imidazole rings is 1. The molecule has 0 aliphatic carbocycles. The molecular weight excluding hydrogens is 378 g/mol. The van der Waals surface area contributed by atoms with Crippen LogP contribution in [0, 0.1) is 13.8 Å². The summed E-state index contributed by atoms with van der Waals surface area (Å²) in [5.41, 5.74) is 4.73. The number of amides is 1. The highest BCUT2D eigenvalue weighted by Gasteiger charge is 2.25. The van der Waals surface area contributed by atoms with Gasteiger partial charge in [-0.2, -0.15) is 0 Å². The fraction of sp³-hybridized carbons (Fsp3) is 0.333. The number of methoxy groups -OCH3 is 2. The molecule has 1 unspecified atom stereocenters. The predicted octanol–water partition coefficient (Wildman–Crippen LogP) is 4.50. The van der Waals surface area contributed by atoms with Crippen molar-refractivity contribution in [3.63, 3.8) is 0 Å². The standard InChI is InChI=1S/C24H27N3O3/c1-15-5-7-18(11-16(15)2)25-24(28)21-14-27-13-17(6-10-23(27)26-21)20-9-8-19(29-3)12-22(20)30-4/h5,7-9,11-12,14,17H,6,10,13H2,1-4H3,(H,25,28). The van der Waals surface area contributed by atoms with Gasteiger partial charge in [0.15, 0.2) is 0 Å². The van der Waals surface area contributed by atoms with E-state index in [-0.39, 0.29) is 5.91 Å². The van der Waals surface area contributed by atoms with Gasteiger partial charge in [-0.25, -0.2) is 4.98 Å². The number of carbonyl (C=O) groups excluding carboxylic acids is 1. The van der Waals surface area contributed by atoms with Crippen LogP contribution in [0.2, 0.25) is 0 Å². The van der Waals surface area contributed by atoms with Gasteiger partial charge >= 0.3 is 0 Å². The Morgan fingerprint density at radius 2 is 1.93 bits per heavy atom. The second kappa shape index (κ2) is 8.22. The van der Waals surface area contributed by atoms with Crippen molar-refractivity contribution in [2.45, 2.75) is 39.2 Å². The van der Waals surface area contributed by atoms with Crippen molar-refractivity contribution in [2.24, 2.45) is 0 Å². The van der Waals surface area contributed by atoms with Crippen LogP contribution in [0.3, 0.4) is 0 Å². The Kier molecular flexibility index (Phi) is 5.48. The largest absolute Gasteiger partial charge is 0.497 e. The van der Waals surface area contributed by atoms with Gasteiger partial charge in [0, 0.05) is 36.8 Å². The van der Waals surface area contributed by atoms with Crippen molar-refractivity contribution in [3.05, 3.63) is 70.8 Å². The van der Waals surface area contributed by atoms with Crippen LogP contribution in [0.15, 0.2) is 42.6 Å². The van der Waals surface area contributed by atoms with E-state index in [9.17, 15) is 4.79 Å². The van der Waals surface area contributed by atoms with Gasteiger partial charge in [0.05, 0.1) is 14.2 Å². The molecule has 3 aromatic rings. The van der Waals surface area contributed by atoms with Gasteiger partial charge in [-0.05, 0) is 55.2 Å². The molecule has 4 rings (SSSR count). The molecule has 30 heavy (non-hydrogen) atoms. The third kappa shape index (κ3) is 3.90. The number of nitrogens with one attached hydrogen (secondary N) is 1. The summed E-state index contributed by atoms with van der Waals surface area (Å²) in [7, 11) is 3.33. The molecule has 2 aromatic carbocycles. The van der Waals surface area contributed by atoms with E-state index in [1.165, 1.54) is 5.56 Å². The molecule has 1 aliphatic heterocycles. The summed E-state index contributed by atoms with van der Waals surface area (Å²) in [5.74, 6) is 2.67. The fourth-order valence-electron chi connectivity index (χ4n) is 3.98. The van der Waals surface area contributed by atoms with Crippen LogP contribution in [0.5, 0.6) is 11.5 Å². The monoisotopic (exact) mass is 405 g/mol. The minimum absolute atomic E-state index is 0.182. The van der Waals surface area contributed by atoms with Crippen molar-refractivity contribution >= 4 is 11.6 Å². The molecule has 6 nitrogen and oxygen atoms in total. The lowest BCUT2D eigenvalue weighted by atomic mass is 9.91. The van der Waals surface area contributed by atoms with E-state index in [0.717, 1.165) is 53.5 Å². The van der Waals surface area contributed by atoms with Gasteiger partial charge < -0.3 is 19.4 Å². The first-order chi connectivity index (χ1) is 14.5. The molecule has 1 N–H and O–H groups in total. The molecule has 0 spiro atoms. The first-order valence-electron chi connectivity index (χ1n) is 10.1. The summed E-state index contributed by atoms with van der Waals surface area (Å²) < 4.78 is 13.0. The zero-order chi connectivity index (χ0) is 21.3. The average molecular weight is 405 g/mol. The Hall–Kier alpha value is -3.28. The zero-order valence-electron chi connectivity index (χ0n) is 17.9. The summed E-state index contributed by atoms with van der Waals surface area (Å²) in [6, 6.07) is 11.9. The zero-order valence-corrected chi connectivity index (χ0v) is 17.9. The van der Waals surface area contributed by atoms with Crippen molar-refractivity contribution in [1.82, 2.24) is 9.55 Å². The van der Waals surface area contributed by atoms with Gasteiger partial charge in [0.2, 0.25) is 0 Å². The van der Waals surface area contributed by atoms with Crippen LogP contribution >= 0.6 is 0 Å². The number of aryl methyl sites for hydroxylation is 3. The van der Waals surface area contributed by atoms with Gasteiger partial charge in [-0.1, -0.05) is 12.1 Å². The van der Waals surface area contributed by atoms with Gasteiger partial charge in [-0.3, -0.25) is 4.79 Å². The maximum atomic E-state index is 12.7. The first-order valence-corrected chi connectivity index (χ1v) is 10.1. The number of fused-ring (bicyclic) bond motifs is 1. The summed E-state index contributed by atoms with van der Waals surface area (Å²) >= 11 is 0. The van der Waals surface area contributed by atoms with E-state index < -0.39 is 0 Å². The van der Waals surface area contributed by atoms with E-state index in [0.29, 0.717) is 11.6 Å². The molecule has 1 aliphatic rings. The molecular formula is C24H27N3O3. The Labute approximate surface area is 176 Å². The molecule has 156 valence electrons. The van der Waals surface area contributed by atoms with E-state index in [1.807, 2.05) is 43.5 Å². The van der Waals surface area contributed by atoms with Crippen LogP contribution in [-0.2, 0) is 13.0 Å². The number of hydrogen-bond acceptors (Lipinski definition) is 4. The maximum absolute atomic E-state index is 12.7. The first kappa shape index (κ1) is 20.0. The van der Waals surface area contributed by atoms with Crippen molar-refractivity contribution < 1.29 is 14.3 Å². The number of hydrogen-bond donors (Lipinski definition) is 1. The molecule has 6 heteroatoms. The average Bonchev–Trinajstić information content (AvgIpc) is 3.19. The number of anilines is 1. The fourth-order valence-corrected chi connectivity index (χ4v) is 3.98. The molecule has 2 heterocycles. The number of carbonyl (C=O) groups is 1. The highest BCUT2D eigenvalue weighted by molar-refractivity contribution is 6.02. The van der Waals surface area contributed by atoms with E-state index >= 15 is 0 Å². The van der Waals surface area contributed by atoms with Gasteiger partial charge in [-0.15, -0.1) is 0 Å². The number of ether oxygens (including phenoxy) is 2. The maximum Gasteiger partial charge on any atom is 0.275 e. The minimum Gasteiger partial charge on any atom is -0.497 e. The minimum atomic E-state index is -0.182. The Bertz CT molecular complexity index is 1090. The van der Waals surface area contributed by atoms with Gasteiger partial charge in [0.25, 0.3) is 5.91 Å². The SMILES string of the molecule is COc1ccc(C2CCc3nc(C(=O)Nc4ccc(C)c(C)c4)cn3C2)c(OC)c1. The third-order valence-electron chi connectivity index (χ3n) is 5.87. The number of aromatic nitrogens is 2. The smallest absolute Gasteiger partial charge is 0.275 e. The molecule has 0 saturated heterocycles. The van der Waals surface area contributed by atoms with E-state index in [4.69, 9.17) is 9.47 Å². The van der Waals surface area contributed by atoms with Crippen molar-refractivity contribution in [2.75, 3.05) is 19.5 Å². The predicted molar refractivity (Wildman–Crippen MR) is 117 cm³/mol. The number of nitrogens with zero attached hydrogens (tertiary/aromatic N) is 2. The van der Waals surface area contributed by atoms with Crippen LogP contribution < -0.4 is 14.8 Å². The Morgan fingerprint density at radius 1 is 1.10 bits per heavy atom. The second-order valence-electron chi connectivity index (χ2n) is 7.79. The Balaban J connectivity index is 1.52. The van der Waals surface area contributed by atoms with E-state index in [2.05, 4.69) is 27.9 Å². The lowest BCUT2D eigenvalue weighted by molar-refractivity contribution is 0.102. The molecule has 0 bridgehead atoms. The summed E-state index contributed by atoms with van der Waals surface area (Å²) in [6.45, 7) is 4.86. The van der Waals surface area contributed by atoms with Crippen LogP contribution in [0.4, 0.5) is 5.69 Å². The quantitative estimate of drug-likeness (QED) is 0.679. The lowest BCUT2D eigenvalue weighted by Crippen LogP contribution is -2.19. The Morgan fingerprint density at radius 3 is 2.67 bits per heavy atom. The van der Waals surface area contributed by atoms with Crippen molar-refractivity contribution in [1.29, 1.82) is 0 Å². The molecule has 1 aromatic heterocycles. The van der Waals surface area contributed by atoms with Crippen LogP contribution in [0.25, 0.3) is 0 Å². The highest BCUT2D eigenvalue weighted by Crippen LogP contribution is 2.36.